The third kappa shape index (κ3) is 4.41. The largest absolute Gasteiger partial charge is 0.441 e. The predicted octanol–water partition coefficient (Wildman–Crippen LogP) is 3.00. The summed E-state index contributed by atoms with van der Waals surface area (Å²) in [4.78, 5) is 56.1. The first-order chi connectivity index (χ1) is 22.1. The summed E-state index contributed by atoms with van der Waals surface area (Å²) in [5.41, 5.74) is 4.63. The number of nitrogens with zero attached hydrogens (tertiary/aromatic N) is 3. The van der Waals surface area contributed by atoms with Gasteiger partial charge in [0.15, 0.2) is 5.60 Å². The van der Waals surface area contributed by atoms with Gasteiger partial charge in [0, 0.05) is 87.1 Å². The SMILES string of the molecule is CN(C)c1ccc2c(c1)[Si]1(CCCCC1)c1cc(N(C)C)ccc1C21OC(=O)c2cc(C(=O)NCCN3C(=O)C=CC3=O)ccc21. The van der Waals surface area contributed by atoms with E-state index >= 15 is 0 Å². The van der Waals surface area contributed by atoms with Gasteiger partial charge in [-0.15, -0.1) is 0 Å². The van der Waals surface area contributed by atoms with Crippen LogP contribution in [-0.2, 0) is 19.9 Å². The first-order valence-electron chi connectivity index (χ1n) is 15.9. The number of benzene rings is 3. The molecule has 0 unspecified atom stereocenters. The molecule has 3 amide bonds. The lowest BCUT2D eigenvalue weighted by Gasteiger charge is -2.48. The molecule has 9 nitrogen and oxygen atoms in total. The summed E-state index contributed by atoms with van der Waals surface area (Å²) in [5, 5.41) is 5.45. The number of ether oxygens (including phenoxy) is 1. The molecule has 10 heteroatoms. The molecule has 4 heterocycles. The number of nitrogens with one attached hydrogen (secondary N) is 1. The van der Waals surface area contributed by atoms with Crippen molar-refractivity contribution in [3.63, 3.8) is 0 Å². The Morgan fingerprint density at radius 1 is 0.804 bits per heavy atom. The average molecular weight is 635 g/mol. The minimum Gasteiger partial charge on any atom is -0.441 e. The lowest BCUT2D eigenvalue weighted by molar-refractivity contribution is -0.136. The maximum Gasteiger partial charge on any atom is 0.340 e. The van der Waals surface area contributed by atoms with Crippen LogP contribution < -0.4 is 25.5 Å². The molecule has 2 spiro atoms. The summed E-state index contributed by atoms with van der Waals surface area (Å²) in [6.45, 7) is 0.162. The van der Waals surface area contributed by atoms with Crippen molar-refractivity contribution in [2.24, 2.45) is 0 Å². The van der Waals surface area contributed by atoms with Gasteiger partial charge in [-0.05, 0) is 58.9 Å². The third-order valence-electron chi connectivity index (χ3n) is 10.2. The van der Waals surface area contributed by atoms with Gasteiger partial charge in [-0.1, -0.05) is 37.5 Å². The summed E-state index contributed by atoms with van der Waals surface area (Å²) in [5.74, 6) is -1.65. The highest BCUT2D eigenvalue weighted by molar-refractivity contribution is 7.03. The molecule has 0 saturated carbocycles. The number of anilines is 2. The first kappa shape index (κ1) is 30.0. The summed E-state index contributed by atoms with van der Waals surface area (Å²) in [6.07, 6.45) is 6.03. The van der Waals surface area contributed by atoms with Crippen molar-refractivity contribution in [3.05, 3.63) is 94.6 Å². The highest BCUT2D eigenvalue weighted by Crippen LogP contribution is 2.51. The average Bonchev–Trinajstić information content (AvgIpc) is 3.54. The maximum absolute atomic E-state index is 13.9. The second-order valence-corrected chi connectivity index (χ2v) is 17.4. The normalized spacial score (nSPS) is 18.3. The standard InChI is InChI=1S/C36H38N4O5Si/c1-38(2)24-9-12-28-30(21-24)46(18-6-5-7-19-46)31-22-25(39(3)4)10-13-29(31)36(28)27-11-8-23(20-26(27)35(44)45-36)34(43)37-16-17-40-32(41)14-15-33(40)42/h8-15,20-22H,5-7,16-19H2,1-4H3,(H,37,43). The Labute approximate surface area is 269 Å². The molecule has 3 aromatic rings. The van der Waals surface area contributed by atoms with Crippen molar-refractivity contribution in [2.45, 2.75) is 37.0 Å². The number of carbonyl (C=O) groups is 4. The van der Waals surface area contributed by atoms with Gasteiger partial charge in [0.2, 0.25) is 0 Å². The molecule has 3 aromatic carbocycles. The van der Waals surface area contributed by atoms with E-state index in [0.717, 1.165) is 45.1 Å². The van der Waals surface area contributed by atoms with Crippen LogP contribution in [0.25, 0.3) is 0 Å². The van der Waals surface area contributed by atoms with E-state index in [1.165, 1.54) is 41.8 Å². The molecule has 0 atom stereocenters. The highest BCUT2D eigenvalue weighted by atomic mass is 28.3. The summed E-state index contributed by atoms with van der Waals surface area (Å²) < 4.78 is 6.59. The van der Waals surface area contributed by atoms with Crippen molar-refractivity contribution in [1.29, 1.82) is 0 Å². The fourth-order valence-corrected chi connectivity index (χ4v) is 13.6. The number of amides is 3. The Kier molecular flexibility index (Phi) is 7.15. The summed E-state index contributed by atoms with van der Waals surface area (Å²) in [6, 6.07) is 20.8. The van der Waals surface area contributed by atoms with Crippen molar-refractivity contribution >= 4 is 53.5 Å². The van der Waals surface area contributed by atoms with E-state index in [4.69, 9.17) is 4.74 Å². The van der Waals surface area contributed by atoms with Crippen molar-refractivity contribution in [3.8, 4) is 0 Å². The van der Waals surface area contributed by atoms with Crippen molar-refractivity contribution in [2.75, 3.05) is 51.1 Å². The van der Waals surface area contributed by atoms with Gasteiger partial charge in [-0.25, -0.2) is 4.79 Å². The predicted molar refractivity (Wildman–Crippen MR) is 180 cm³/mol. The van der Waals surface area contributed by atoms with E-state index in [2.05, 4.69) is 79.7 Å². The molecule has 236 valence electrons. The van der Waals surface area contributed by atoms with Gasteiger partial charge in [-0.3, -0.25) is 19.3 Å². The molecule has 0 aliphatic carbocycles. The first-order valence-corrected chi connectivity index (χ1v) is 18.3. The fourth-order valence-electron chi connectivity index (χ4n) is 7.86. The van der Waals surface area contributed by atoms with Gasteiger partial charge < -0.3 is 19.9 Å². The number of fused-ring (bicyclic) bond motifs is 8. The molecule has 7 rings (SSSR count). The van der Waals surface area contributed by atoms with Crippen LogP contribution in [0.1, 0.15) is 56.7 Å². The lowest BCUT2D eigenvalue weighted by Crippen LogP contribution is -2.67. The molecular formula is C36H38N4O5Si. The summed E-state index contributed by atoms with van der Waals surface area (Å²) in [7, 11) is 6.00. The number of carbonyl (C=O) groups excluding carboxylic acids is 4. The minimum absolute atomic E-state index is 0.0651. The second kappa shape index (κ2) is 11.0. The van der Waals surface area contributed by atoms with Crippen LogP contribution in [0.3, 0.4) is 0 Å². The van der Waals surface area contributed by atoms with Gasteiger partial charge in [-0.2, -0.15) is 0 Å². The van der Waals surface area contributed by atoms with Crippen LogP contribution in [0.5, 0.6) is 0 Å². The minimum atomic E-state index is -2.23. The molecule has 4 aliphatic rings. The molecular weight excluding hydrogens is 597 g/mol. The van der Waals surface area contributed by atoms with Gasteiger partial charge in [0.05, 0.1) is 5.56 Å². The van der Waals surface area contributed by atoms with Crippen molar-refractivity contribution < 1.29 is 23.9 Å². The number of imide groups is 1. The smallest absolute Gasteiger partial charge is 0.340 e. The zero-order valence-electron chi connectivity index (χ0n) is 26.7. The molecule has 46 heavy (non-hydrogen) atoms. The zero-order valence-corrected chi connectivity index (χ0v) is 27.7. The second-order valence-electron chi connectivity index (χ2n) is 13.1. The Hall–Kier alpha value is -4.70. The van der Waals surface area contributed by atoms with Gasteiger partial charge in [0.1, 0.15) is 8.07 Å². The van der Waals surface area contributed by atoms with Crippen LogP contribution in [0, 0.1) is 0 Å². The van der Waals surface area contributed by atoms with Crippen LogP contribution in [0.15, 0.2) is 66.7 Å². The van der Waals surface area contributed by atoms with Gasteiger partial charge >= 0.3 is 5.97 Å². The van der Waals surface area contributed by atoms with Crippen LogP contribution in [0.4, 0.5) is 11.4 Å². The van der Waals surface area contributed by atoms with Crippen LogP contribution >= 0.6 is 0 Å². The van der Waals surface area contributed by atoms with E-state index < -0.39 is 37.4 Å². The topological polar surface area (TPSA) is 99.3 Å². The Balaban J connectivity index is 1.34. The fraction of sp³-hybridized carbons (Fsp3) is 0.333. The maximum atomic E-state index is 13.9. The number of esters is 1. The molecule has 0 radical (unpaired) electrons. The van der Waals surface area contributed by atoms with Crippen LogP contribution in [0.2, 0.25) is 12.1 Å². The zero-order chi connectivity index (χ0) is 32.4. The number of hydrogen-bond acceptors (Lipinski definition) is 7. The van der Waals surface area contributed by atoms with E-state index in [1.54, 1.807) is 12.1 Å². The Morgan fingerprint density at radius 3 is 1.93 bits per heavy atom. The van der Waals surface area contributed by atoms with E-state index in [0.29, 0.717) is 11.1 Å². The Bertz CT molecular complexity index is 1760. The Morgan fingerprint density at radius 2 is 1.37 bits per heavy atom. The monoisotopic (exact) mass is 634 g/mol. The molecule has 4 aliphatic heterocycles. The number of hydrogen-bond donors (Lipinski definition) is 1. The van der Waals surface area contributed by atoms with E-state index in [9.17, 15) is 19.2 Å². The van der Waals surface area contributed by atoms with Crippen molar-refractivity contribution in [1.82, 2.24) is 10.2 Å². The molecule has 1 saturated heterocycles. The quantitative estimate of drug-likeness (QED) is 0.253. The van der Waals surface area contributed by atoms with Gasteiger partial charge in [0.25, 0.3) is 17.7 Å². The molecule has 1 fully saturated rings. The number of rotatable bonds is 6. The highest BCUT2D eigenvalue weighted by Gasteiger charge is 2.58. The molecule has 0 bridgehead atoms. The third-order valence-corrected chi connectivity index (χ3v) is 15.5. The van der Waals surface area contributed by atoms with E-state index in [1.807, 2.05) is 6.07 Å². The van der Waals surface area contributed by atoms with E-state index in [-0.39, 0.29) is 13.1 Å². The van der Waals surface area contributed by atoms with Crippen LogP contribution in [-0.4, -0.2) is 77.9 Å². The summed E-state index contributed by atoms with van der Waals surface area (Å²) >= 11 is 0. The molecule has 1 N–H and O–H groups in total. The lowest BCUT2D eigenvalue weighted by atomic mass is 9.78. The molecule has 0 aromatic heterocycles.